The first kappa shape index (κ1) is 17.2. The molecule has 3 aromatic rings. The Morgan fingerprint density at radius 1 is 1.32 bits per heavy atom. The van der Waals surface area contributed by atoms with E-state index in [1.165, 1.54) is 22.2 Å². The molecule has 1 atom stereocenters. The zero-order valence-electron chi connectivity index (χ0n) is 14.5. The Morgan fingerprint density at radius 3 is 2.76 bits per heavy atom. The van der Waals surface area contributed by atoms with E-state index in [1.807, 2.05) is 48.3 Å². The monoisotopic (exact) mass is 388 g/mol. The Labute approximate surface area is 159 Å². The molecule has 0 N–H and O–H groups in total. The fourth-order valence-electron chi connectivity index (χ4n) is 3.27. The Hall–Kier alpha value is -1.24. The third-order valence-electron chi connectivity index (χ3n) is 4.92. The van der Waals surface area contributed by atoms with Crippen molar-refractivity contribution in [3.63, 3.8) is 0 Å². The molecule has 0 amide bonds. The zero-order valence-corrected chi connectivity index (χ0v) is 17.0. The van der Waals surface area contributed by atoms with Crippen LogP contribution in [-0.4, -0.2) is 20.6 Å². The Morgan fingerprint density at radius 2 is 2.08 bits per heavy atom. The molecule has 3 nitrogen and oxygen atoms in total. The lowest BCUT2D eigenvalue weighted by Gasteiger charge is -2.31. The van der Waals surface area contributed by atoms with Gasteiger partial charge >= 0.3 is 0 Å². The molecule has 4 rings (SSSR count). The quantitative estimate of drug-likeness (QED) is 0.460. The fraction of sp³-hybridized carbons (Fsp3) is 0.368. The van der Waals surface area contributed by atoms with Crippen LogP contribution >= 0.6 is 34.9 Å². The average molecular weight is 389 g/mol. The summed E-state index contributed by atoms with van der Waals surface area (Å²) in [5, 5.41) is 1.59. The summed E-state index contributed by atoms with van der Waals surface area (Å²) >= 11 is 5.23. The van der Waals surface area contributed by atoms with Crippen LogP contribution < -0.4 is 5.56 Å². The van der Waals surface area contributed by atoms with E-state index in [1.54, 1.807) is 15.9 Å². The molecule has 3 heterocycles. The SMILES string of the molecule is CCC1(C)Cc2c(sc3nc(SC)n(-c4ccccc4)c(=O)c23)CS1. The van der Waals surface area contributed by atoms with Gasteiger partial charge in [-0.3, -0.25) is 9.36 Å². The number of hydrogen-bond acceptors (Lipinski definition) is 5. The molecule has 25 heavy (non-hydrogen) atoms. The van der Waals surface area contributed by atoms with Gasteiger partial charge in [0, 0.05) is 15.4 Å². The minimum absolute atomic E-state index is 0.0726. The second-order valence-electron chi connectivity index (χ2n) is 6.53. The summed E-state index contributed by atoms with van der Waals surface area (Å²) in [6.07, 6.45) is 4.04. The van der Waals surface area contributed by atoms with E-state index in [2.05, 4.69) is 13.8 Å². The number of benzene rings is 1. The van der Waals surface area contributed by atoms with Crippen LogP contribution in [0, 0.1) is 0 Å². The van der Waals surface area contributed by atoms with E-state index < -0.39 is 0 Å². The number of fused-ring (bicyclic) bond motifs is 3. The van der Waals surface area contributed by atoms with Crippen LogP contribution in [-0.2, 0) is 12.2 Å². The van der Waals surface area contributed by atoms with Gasteiger partial charge in [-0.15, -0.1) is 23.1 Å². The third kappa shape index (κ3) is 2.84. The van der Waals surface area contributed by atoms with Crippen molar-refractivity contribution in [3.8, 4) is 5.69 Å². The number of thiophene rings is 1. The predicted octanol–water partition coefficient (Wildman–Crippen LogP) is 5.13. The highest BCUT2D eigenvalue weighted by Gasteiger charge is 2.33. The van der Waals surface area contributed by atoms with Gasteiger partial charge in [0.2, 0.25) is 0 Å². The summed E-state index contributed by atoms with van der Waals surface area (Å²) in [5.41, 5.74) is 2.19. The average Bonchev–Trinajstić information content (AvgIpc) is 2.99. The smallest absolute Gasteiger partial charge is 0.267 e. The molecular formula is C19H20N2OS3. The van der Waals surface area contributed by atoms with E-state index in [-0.39, 0.29) is 10.3 Å². The highest BCUT2D eigenvalue weighted by Crippen LogP contribution is 2.45. The molecule has 1 unspecified atom stereocenters. The van der Waals surface area contributed by atoms with Gasteiger partial charge in [-0.1, -0.05) is 43.8 Å². The van der Waals surface area contributed by atoms with Crippen LogP contribution in [0.15, 0.2) is 40.3 Å². The Balaban J connectivity index is 2.01. The van der Waals surface area contributed by atoms with E-state index in [0.717, 1.165) is 39.7 Å². The molecule has 1 aliphatic rings. The predicted molar refractivity (Wildman–Crippen MR) is 111 cm³/mol. The van der Waals surface area contributed by atoms with Gasteiger partial charge in [-0.05, 0) is 36.8 Å². The minimum atomic E-state index is 0.0726. The maximum absolute atomic E-state index is 13.5. The highest BCUT2D eigenvalue weighted by atomic mass is 32.2. The third-order valence-corrected chi connectivity index (χ3v) is 8.44. The number of thioether (sulfide) groups is 2. The molecule has 0 spiro atoms. The lowest BCUT2D eigenvalue weighted by Crippen LogP contribution is -2.28. The van der Waals surface area contributed by atoms with Crippen molar-refractivity contribution >= 4 is 45.1 Å². The molecule has 2 aromatic heterocycles. The summed E-state index contributed by atoms with van der Waals surface area (Å²) in [6.45, 7) is 4.54. The molecular weight excluding hydrogens is 368 g/mol. The zero-order chi connectivity index (χ0) is 17.6. The molecule has 1 aliphatic heterocycles. The van der Waals surface area contributed by atoms with Gasteiger partial charge in [0.25, 0.3) is 5.56 Å². The topological polar surface area (TPSA) is 34.9 Å². The van der Waals surface area contributed by atoms with Crippen molar-refractivity contribution in [1.82, 2.24) is 9.55 Å². The second kappa shape index (κ2) is 6.49. The summed E-state index contributed by atoms with van der Waals surface area (Å²) in [5.74, 6) is 0.986. The number of rotatable bonds is 3. The van der Waals surface area contributed by atoms with Gasteiger partial charge in [-0.25, -0.2) is 4.98 Å². The lowest BCUT2D eigenvalue weighted by atomic mass is 9.96. The van der Waals surface area contributed by atoms with E-state index >= 15 is 0 Å². The van der Waals surface area contributed by atoms with E-state index in [4.69, 9.17) is 4.98 Å². The van der Waals surface area contributed by atoms with Crippen molar-refractivity contribution in [2.45, 2.75) is 42.3 Å². The molecule has 6 heteroatoms. The molecule has 0 saturated heterocycles. The summed E-state index contributed by atoms with van der Waals surface area (Å²) in [6, 6.07) is 9.84. The summed E-state index contributed by atoms with van der Waals surface area (Å²) in [7, 11) is 0. The largest absolute Gasteiger partial charge is 0.268 e. The van der Waals surface area contributed by atoms with Crippen LogP contribution in [0.5, 0.6) is 0 Å². The molecule has 0 saturated carbocycles. The first-order valence-electron chi connectivity index (χ1n) is 8.37. The van der Waals surface area contributed by atoms with Crippen molar-refractivity contribution in [2.24, 2.45) is 0 Å². The summed E-state index contributed by atoms with van der Waals surface area (Å²) < 4.78 is 1.98. The maximum Gasteiger partial charge on any atom is 0.267 e. The standard InChI is InChI=1S/C19H20N2OS3/c1-4-19(2)10-13-14(11-24-19)25-16-15(13)17(22)21(18(20-16)23-3)12-8-6-5-7-9-12/h5-9H,4,10-11H2,1-3H3. The van der Waals surface area contributed by atoms with Crippen molar-refractivity contribution < 1.29 is 0 Å². The van der Waals surface area contributed by atoms with Crippen molar-refractivity contribution in [2.75, 3.05) is 6.26 Å². The van der Waals surface area contributed by atoms with Crippen molar-refractivity contribution in [3.05, 3.63) is 51.1 Å². The van der Waals surface area contributed by atoms with Crippen molar-refractivity contribution in [1.29, 1.82) is 0 Å². The highest BCUT2D eigenvalue weighted by molar-refractivity contribution is 8.00. The van der Waals surface area contributed by atoms with Gasteiger partial charge in [-0.2, -0.15) is 0 Å². The molecule has 0 fully saturated rings. The van der Waals surface area contributed by atoms with E-state index in [9.17, 15) is 4.79 Å². The van der Waals surface area contributed by atoms with Gasteiger partial charge in [0.1, 0.15) is 4.83 Å². The van der Waals surface area contributed by atoms with Gasteiger partial charge < -0.3 is 0 Å². The number of para-hydroxylation sites is 1. The van der Waals surface area contributed by atoms with Gasteiger partial charge in [0.15, 0.2) is 5.16 Å². The maximum atomic E-state index is 13.5. The number of hydrogen-bond donors (Lipinski definition) is 0. The Kier molecular flexibility index (Phi) is 4.46. The summed E-state index contributed by atoms with van der Waals surface area (Å²) in [4.78, 5) is 20.5. The first-order valence-corrected chi connectivity index (χ1v) is 11.4. The molecule has 0 bridgehead atoms. The number of aromatic nitrogens is 2. The van der Waals surface area contributed by atoms with E-state index in [0.29, 0.717) is 0 Å². The first-order chi connectivity index (χ1) is 12.1. The molecule has 0 aliphatic carbocycles. The van der Waals surface area contributed by atoms with Gasteiger partial charge in [0.05, 0.1) is 11.1 Å². The molecule has 130 valence electrons. The van der Waals surface area contributed by atoms with Crippen LogP contribution in [0.4, 0.5) is 0 Å². The van der Waals surface area contributed by atoms with Crippen LogP contribution in [0.25, 0.3) is 15.9 Å². The molecule has 0 radical (unpaired) electrons. The Bertz CT molecular complexity index is 993. The fourth-order valence-corrected chi connectivity index (χ4v) is 6.37. The molecule has 1 aromatic carbocycles. The van der Waals surface area contributed by atoms with Crippen LogP contribution in [0.2, 0.25) is 0 Å². The van der Waals surface area contributed by atoms with Crippen LogP contribution in [0.1, 0.15) is 30.7 Å². The van der Waals surface area contributed by atoms with Crippen LogP contribution in [0.3, 0.4) is 0 Å². The number of nitrogens with zero attached hydrogens (tertiary/aromatic N) is 2. The second-order valence-corrected chi connectivity index (χ2v) is 9.95. The normalized spacial score (nSPS) is 20.0. The minimum Gasteiger partial charge on any atom is -0.268 e. The lowest BCUT2D eigenvalue weighted by molar-refractivity contribution is 0.610.